The van der Waals surface area contributed by atoms with Gasteiger partial charge in [0.25, 0.3) is 5.91 Å². The van der Waals surface area contributed by atoms with Gasteiger partial charge in [-0.05, 0) is 24.6 Å². The first-order valence-corrected chi connectivity index (χ1v) is 6.95. The molecular weight excluding hydrogens is 256 g/mol. The van der Waals surface area contributed by atoms with E-state index in [0.717, 1.165) is 26.1 Å². The number of carbonyl (C=O) groups is 1. The predicted octanol–water partition coefficient (Wildman–Crippen LogP) is 1.53. The van der Waals surface area contributed by atoms with Crippen LogP contribution in [0.2, 0.25) is 0 Å². The van der Waals surface area contributed by atoms with Gasteiger partial charge in [-0.2, -0.15) is 0 Å². The molecule has 0 aromatic heterocycles. The van der Waals surface area contributed by atoms with Gasteiger partial charge in [-0.15, -0.1) is 0 Å². The fraction of sp³-hybridized carbons (Fsp3) is 0.533. The minimum Gasteiger partial charge on any atom is -0.493 e. The molecule has 0 aliphatic carbocycles. The standard InChI is InChI=1S/C15H22N2O3/c1-4-7-17(12-9-16-10-12)15(18)11-5-6-13(19-2)14(8-11)20-3/h5-6,8,12,16H,4,7,9-10H2,1-3H3. The van der Waals surface area contributed by atoms with Gasteiger partial charge in [0.2, 0.25) is 0 Å². The predicted molar refractivity (Wildman–Crippen MR) is 77.5 cm³/mol. The van der Waals surface area contributed by atoms with Crippen molar-refractivity contribution in [3.63, 3.8) is 0 Å². The summed E-state index contributed by atoms with van der Waals surface area (Å²) < 4.78 is 10.5. The van der Waals surface area contributed by atoms with E-state index >= 15 is 0 Å². The summed E-state index contributed by atoms with van der Waals surface area (Å²) in [6.07, 6.45) is 0.954. The monoisotopic (exact) mass is 278 g/mol. The molecule has 0 unspecified atom stereocenters. The number of nitrogens with one attached hydrogen (secondary N) is 1. The van der Waals surface area contributed by atoms with Gasteiger partial charge in [-0.1, -0.05) is 6.92 Å². The topological polar surface area (TPSA) is 50.8 Å². The first-order chi connectivity index (χ1) is 9.71. The molecule has 0 saturated carbocycles. The molecule has 1 fully saturated rings. The maximum Gasteiger partial charge on any atom is 0.254 e. The van der Waals surface area contributed by atoms with Gasteiger partial charge >= 0.3 is 0 Å². The van der Waals surface area contributed by atoms with Gasteiger partial charge in [0.05, 0.1) is 20.3 Å². The highest BCUT2D eigenvalue weighted by atomic mass is 16.5. The summed E-state index contributed by atoms with van der Waals surface area (Å²) in [6, 6.07) is 5.61. The van der Waals surface area contributed by atoms with Crippen LogP contribution in [-0.4, -0.2) is 50.7 Å². The van der Waals surface area contributed by atoms with Crippen LogP contribution >= 0.6 is 0 Å². The van der Waals surface area contributed by atoms with E-state index in [1.165, 1.54) is 0 Å². The Morgan fingerprint density at radius 2 is 2.00 bits per heavy atom. The Kier molecular flexibility index (Phi) is 4.84. The van der Waals surface area contributed by atoms with Crippen LogP contribution in [0.25, 0.3) is 0 Å². The van der Waals surface area contributed by atoms with Crippen molar-refractivity contribution in [3.8, 4) is 11.5 Å². The van der Waals surface area contributed by atoms with E-state index in [0.29, 0.717) is 23.1 Å². The van der Waals surface area contributed by atoms with Crippen molar-refractivity contribution in [1.82, 2.24) is 10.2 Å². The van der Waals surface area contributed by atoms with Gasteiger partial charge in [0, 0.05) is 25.2 Å². The van der Waals surface area contributed by atoms with E-state index in [4.69, 9.17) is 9.47 Å². The SMILES string of the molecule is CCCN(C(=O)c1ccc(OC)c(OC)c1)C1CNC1. The van der Waals surface area contributed by atoms with Crippen LogP contribution in [0.4, 0.5) is 0 Å². The summed E-state index contributed by atoms with van der Waals surface area (Å²) in [5.74, 6) is 1.28. The molecule has 0 spiro atoms. The molecule has 1 aliphatic heterocycles. The Morgan fingerprint density at radius 1 is 1.30 bits per heavy atom. The lowest BCUT2D eigenvalue weighted by Gasteiger charge is -2.38. The van der Waals surface area contributed by atoms with Crippen molar-refractivity contribution >= 4 is 5.91 Å². The fourth-order valence-electron chi connectivity index (χ4n) is 2.32. The second-order valence-corrected chi connectivity index (χ2v) is 4.88. The summed E-state index contributed by atoms with van der Waals surface area (Å²) in [5, 5.41) is 3.21. The number of ether oxygens (including phenoxy) is 2. The number of rotatable bonds is 6. The molecule has 5 heteroatoms. The average molecular weight is 278 g/mol. The highest BCUT2D eigenvalue weighted by Crippen LogP contribution is 2.28. The summed E-state index contributed by atoms with van der Waals surface area (Å²) in [6.45, 7) is 4.61. The van der Waals surface area contributed by atoms with Gasteiger partial charge in [-0.25, -0.2) is 0 Å². The normalized spacial score (nSPS) is 14.6. The number of benzene rings is 1. The van der Waals surface area contributed by atoms with Crippen molar-refractivity contribution in [3.05, 3.63) is 23.8 Å². The zero-order valence-corrected chi connectivity index (χ0v) is 12.3. The van der Waals surface area contributed by atoms with Crippen LogP contribution in [0.5, 0.6) is 11.5 Å². The minimum absolute atomic E-state index is 0.0549. The maximum absolute atomic E-state index is 12.6. The molecule has 5 nitrogen and oxygen atoms in total. The first-order valence-electron chi connectivity index (χ1n) is 6.95. The van der Waals surface area contributed by atoms with Crippen LogP contribution in [0.3, 0.4) is 0 Å². The minimum atomic E-state index is 0.0549. The van der Waals surface area contributed by atoms with Crippen molar-refractivity contribution in [2.75, 3.05) is 33.9 Å². The molecule has 2 rings (SSSR count). The quantitative estimate of drug-likeness (QED) is 0.857. The Hall–Kier alpha value is -1.75. The zero-order chi connectivity index (χ0) is 14.5. The van der Waals surface area contributed by atoms with Crippen molar-refractivity contribution in [2.24, 2.45) is 0 Å². The van der Waals surface area contributed by atoms with E-state index in [1.54, 1.807) is 32.4 Å². The molecule has 110 valence electrons. The van der Waals surface area contributed by atoms with E-state index < -0.39 is 0 Å². The number of carbonyl (C=O) groups excluding carboxylic acids is 1. The number of nitrogens with zero attached hydrogens (tertiary/aromatic N) is 1. The highest BCUT2D eigenvalue weighted by molar-refractivity contribution is 5.95. The Morgan fingerprint density at radius 3 is 2.50 bits per heavy atom. The van der Waals surface area contributed by atoms with Crippen molar-refractivity contribution in [2.45, 2.75) is 19.4 Å². The molecule has 1 amide bonds. The van der Waals surface area contributed by atoms with Crippen LogP contribution in [0.1, 0.15) is 23.7 Å². The van der Waals surface area contributed by atoms with Crippen LogP contribution < -0.4 is 14.8 Å². The van der Waals surface area contributed by atoms with Gasteiger partial charge in [0.1, 0.15) is 0 Å². The van der Waals surface area contributed by atoms with E-state index in [2.05, 4.69) is 12.2 Å². The third-order valence-corrected chi connectivity index (χ3v) is 3.56. The molecule has 1 aromatic carbocycles. The molecule has 0 bridgehead atoms. The second-order valence-electron chi connectivity index (χ2n) is 4.88. The molecular formula is C15H22N2O3. The number of hydrogen-bond donors (Lipinski definition) is 1. The number of hydrogen-bond acceptors (Lipinski definition) is 4. The lowest BCUT2D eigenvalue weighted by atomic mass is 10.1. The van der Waals surface area contributed by atoms with Gasteiger partial charge < -0.3 is 19.7 Å². The van der Waals surface area contributed by atoms with E-state index in [9.17, 15) is 4.79 Å². The zero-order valence-electron chi connectivity index (χ0n) is 12.3. The molecule has 1 aliphatic rings. The van der Waals surface area contributed by atoms with Crippen molar-refractivity contribution in [1.29, 1.82) is 0 Å². The van der Waals surface area contributed by atoms with E-state index in [1.807, 2.05) is 4.90 Å². The first kappa shape index (κ1) is 14.7. The third-order valence-electron chi connectivity index (χ3n) is 3.56. The highest BCUT2D eigenvalue weighted by Gasteiger charge is 2.28. The molecule has 1 heterocycles. The second kappa shape index (κ2) is 6.61. The average Bonchev–Trinajstić information content (AvgIpc) is 2.43. The molecule has 20 heavy (non-hydrogen) atoms. The van der Waals surface area contributed by atoms with Gasteiger partial charge in [-0.3, -0.25) is 4.79 Å². The summed E-state index contributed by atoms with van der Waals surface area (Å²) >= 11 is 0. The Labute approximate surface area is 119 Å². The van der Waals surface area contributed by atoms with Crippen molar-refractivity contribution < 1.29 is 14.3 Å². The third kappa shape index (κ3) is 2.88. The summed E-state index contributed by atoms with van der Waals surface area (Å²) in [5.41, 5.74) is 0.642. The number of methoxy groups -OCH3 is 2. The fourth-order valence-corrected chi connectivity index (χ4v) is 2.32. The molecule has 0 atom stereocenters. The van der Waals surface area contributed by atoms with Crippen LogP contribution in [0.15, 0.2) is 18.2 Å². The maximum atomic E-state index is 12.6. The number of amides is 1. The summed E-state index contributed by atoms with van der Waals surface area (Å²) in [4.78, 5) is 14.6. The summed E-state index contributed by atoms with van der Waals surface area (Å²) in [7, 11) is 3.16. The largest absolute Gasteiger partial charge is 0.493 e. The Bertz CT molecular complexity index is 472. The molecule has 1 saturated heterocycles. The molecule has 1 aromatic rings. The lowest BCUT2D eigenvalue weighted by molar-refractivity contribution is 0.0615. The van der Waals surface area contributed by atoms with Gasteiger partial charge in [0.15, 0.2) is 11.5 Å². The lowest BCUT2D eigenvalue weighted by Crippen LogP contribution is -2.59. The Balaban J connectivity index is 2.21. The van der Waals surface area contributed by atoms with Crippen LogP contribution in [-0.2, 0) is 0 Å². The van der Waals surface area contributed by atoms with Crippen LogP contribution in [0, 0.1) is 0 Å². The molecule has 1 N–H and O–H groups in total. The molecule has 0 radical (unpaired) electrons. The smallest absolute Gasteiger partial charge is 0.254 e. The van der Waals surface area contributed by atoms with E-state index in [-0.39, 0.29) is 5.91 Å².